The first-order chi connectivity index (χ1) is 9.29. The van der Waals surface area contributed by atoms with Gasteiger partial charge in [-0.2, -0.15) is 4.98 Å². The number of unbranched alkanes of at least 4 members (excludes halogenated alkanes) is 2. The van der Waals surface area contributed by atoms with Crippen molar-refractivity contribution >= 4 is 11.6 Å². The maximum Gasteiger partial charge on any atom is 0.226 e. The minimum absolute atomic E-state index is 0.603. The number of halogens is 1. The molecule has 0 spiro atoms. The van der Waals surface area contributed by atoms with Gasteiger partial charge in [0.05, 0.1) is 0 Å². The molecule has 2 rings (SSSR count). The maximum absolute atomic E-state index is 6.10. The second-order valence-corrected chi connectivity index (χ2v) is 4.88. The van der Waals surface area contributed by atoms with Crippen LogP contribution in [0, 0.1) is 0 Å². The number of nitrogens with zero attached hydrogens (tertiary/aromatic N) is 2. The van der Waals surface area contributed by atoms with Crippen LogP contribution < -0.4 is 5.73 Å². The number of hydrogen-bond acceptors (Lipinski definition) is 4. The molecular weight excluding hydrogens is 262 g/mol. The molecule has 2 N–H and O–H groups in total. The van der Waals surface area contributed by atoms with E-state index >= 15 is 0 Å². The molecule has 0 saturated heterocycles. The Morgan fingerprint density at radius 3 is 2.79 bits per heavy atom. The quantitative estimate of drug-likeness (QED) is 0.791. The summed E-state index contributed by atoms with van der Waals surface area (Å²) in [6.45, 7) is 0.738. The first-order valence-electron chi connectivity index (χ1n) is 6.54. The van der Waals surface area contributed by atoms with Gasteiger partial charge in [-0.1, -0.05) is 41.4 Å². The van der Waals surface area contributed by atoms with Gasteiger partial charge in [0.15, 0.2) is 5.82 Å². The molecule has 0 aliphatic rings. The first-order valence-corrected chi connectivity index (χ1v) is 6.92. The summed E-state index contributed by atoms with van der Waals surface area (Å²) >= 11 is 6.10. The Balaban J connectivity index is 1.89. The second kappa shape index (κ2) is 7.26. The molecule has 19 heavy (non-hydrogen) atoms. The minimum atomic E-state index is 0.603. The molecule has 0 aliphatic heterocycles. The molecule has 0 amide bonds. The van der Waals surface area contributed by atoms with Crippen molar-refractivity contribution < 1.29 is 4.52 Å². The summed E-state index contributed by atoms with van der Waals surface area (Å²) in [6, 6.07) is 7.70. The van der Waals surface area contributed by atoms with Crippen LogP contribution in [-0.2, 0) is 12.8 Å². The number of aryl methyl sites for hydroxylation is 1. The Morgan fingerprint density at radius 1 is 1.16 bits per heavy atom. The van der Waals surface area contributed by atoms with E-state index < -0.39 is 0 Å². The van der Waals surface area contributed by atoms with Gasteiger partial charge in [-0.3, -0.25) is 0 Å². The van der Waals surface area contributed by atoms with Crippen LogP contribution in [0.4, 0.5) is 0 Å². The molecule has 4 nitrogen and oxygen atoms in total. The number of benzene rings is 1. The number of aromatic nitrogens is 2. The van der Waals surface area contributed by atoms with Crippen molar-refractivity contribution in [3.63, 3.8) is 0 Å². The lowest BCUT2D eigenvalue weighted by molar-refractivity contribution is 0.369. The molecule has 0 bridgehead atoms. The van der Waals surface area contributed by atoms with Crippen molar-refractivity contribution in [2.24, 2.45) is 5.73 Å². The number of rotatable bonds is 7. The average molecular weight is 280 g/mol. The van der Waals surface area contributed by atoms with Gasteiger partial charge in [0, 0.05) is 17.9 Å². The smallest absolute Gasteiger partial charge is 0.226 e. The maximum atomic E-state index is 6.10. The molecule has 0 atom stereocenters. The molecule has 0 unspecified atom stereocenters. The van der Waals surface area contributed by atoms with E-state index in [9.17, 15) is 0 Å². The normalized spacial score (nSPS) is 10.8. The fourth-order valence-corrected chi connectivity index (χ4v) is 2.08. The summed E-state index contributed by atoms with van der Waals surface area (Å²) in [6.07, 6.45) is 4.59. The van der Waals surface area contributed by atoms with Crippen LogP contribution in [0.1, 0.15) is 36.5 Å². The lowest BCUT2D eigenvalue weighted by Gasteiger charge is -1.98. The largest absolute Gasteiger partial charge is 0.339 e. The van der Waals surface area contributed by atoms with Gasteiger partial charge >= 0.3 is 0 Å². The molecule has 0 radical (unpaired) electrons. The van der Waals surface area contributed by atoms with Crippen molar-refractivity contribution in [1.82, 2.24) is 10.1 Å². The highest BCUT2D eigenvalue weighted by Gasteiger charge is 2.08. The van der Waals surface area contributed by atoms with Gasteiger partial charge < -0.3 is 10.3 Å². The Kier molecular flexibility index (Phi) is 5.36. The van der Waals surface area contributed by atoms with Crippen molar-refractivity contribution in [3.8, 4) is 0 Å². The summed E-state index contributed by atoms with van der Waals surface area (Å²) in [5, 5.41) is 4.72. The second-order valence-electron chi connectivity index (χ2n) is 4.47. The summed E-state index contributed by atoms with van der Waals surface area (Å²) in [7, 11) is 0. The summed E-state index contributed by atoms with van der Waals surface area (Å²) in [5.74, 6) is 1.38. The molecule has 2 aromatic rings. The van der Waals surface area contributed by atoms with Crippen LogP contribution >= 0.6 is 11.6 Å². The van der Waals surface area contributed by atoms with Gasteiger partial charge in [-0.25, -0.2) is 0 Å². The van der Waals surface area contributed by atoms with E-state index in [0.29, 0.717) is 18.1 Å². The zero-order valence-corrected chi connectivity index (χ0v) is 11.6. The van der Waals surface area contributed by atoms with Gasteiger partial charge in [0.1, 0.15) is 0 Å². The van der Waals surface area contributed by atoms with Crippen LogP contribution in [0.2, 0.25) is 5.02 Å². The first kappa shape index (κ1) is 14.0. The van der Waals surface area contributed by atoms with Crippen LogP contribution in [0.15, 0.2) is 28.8 Å². The van der Waals surface area contributed by atoms with E-state index in [1.165, 1.54) is 0 Å². The summed E-state index contributed by atoms with van der Waals surface area (Å²) < 4.78 is 5.22. The predicted octanol–water partition coefficient (Wildman–Crippen LogP) is 2.99. The Bertz CT molecular complexity index is 513. The van der Waals surface area contributed by atoms with E-state index in [1.54, 1.807) is 0 Å². The average Bonchev–Trinajstić information content (AvgIpc) is 2.85. The third kappa shape index (κ3) is 4.33. The van der Waals surface area contributed by atoms with Crippen LogP contribution in [0.25, 0.3) is 0 Å². The zero-order valence-electron chi connectivity index (χ0n) is 10.8. The molecule has 1 aromatic heterocycles. The molecule has 0 fully saturated rings. The van der Waals surface area contributed by atoms with Gasteiger partial charge in [0.2, 0.25) is 5.89 Å². The molecule has 1 heterocycles. The molecular formula is C14H18ClN3O. The SMILES string of the molecule is NCCCCCc1nc(Cc2ccccc2Cl)no1. The minimum Gasteiger partial charge on any atom is -0.339 e. The third-order valence-corrected chi connectivity index (χ3v) is 3.28. The van der Waals surface area contributed by atoms with Crippen molar-refractivity contribution in [2.75, 3.05) is 6.54 Å². The van der Waals surface area contributed by atoms with E-state index in [0.717, 1.165) is 42.8 Å². The molecule has 0 saturated carbocycles. The molecule has 102 valence electrons. The van der Waals surface area contributed by atoms with E-state index in [1.807, 2.05) is 24.3 Å². The summed E-state index contributed by atoms with van der Waals surface area (Å²) in [4.78, 5) is 4.38. The van der Waals surface area contributed by atoms with Crippen LogP contribution in [0.5, 0.6) is 0 Å². The van der Waals surface area contributed by atoms with Gasteiger partial charge in [-0.15, -0.1) is 0 Å². The number of hydrogen-bond donors (Lipinski definition) is 1. The Morgan fingerprint density at radius 2 is 2.00 bits per heavy atom. The highest BCUT2D eigenvalue weighted by atomic mass is 35.5. The Labute approximate surface area is 118 Å². The van der Waals surface area contributed by atoms with Crippen molar-refractivity contribution in [1.29, 1.82) is 0 Å². The molecule has 0 aliphatic carbocycles. The van der Waals surface area contributed by atoms with E-state index in [2.05, 4.69) is 10.1 Å². The fraction of sp³-hybridized carbons (Fsp3) is 0.429. The topological polar surface area (TPSA) is 64.9 Å². The lowest BCUT2D eigenvalue weighted by Crippen LogP contribution is -1.98. The van der Waals surface area contributed by atoms with Crippen molar-refractivity contribution in [2.45, 2.75) is 32.1 Å². The van der Waals surface area contributed by atoms with E-state index in [-0.39, 0.29) is 0 Å². The Hall–Kier alpha value is -1.39. The van der Waals surface area contributed by atoms with Crippen LogP contribution in [0.3, 0.4) is 0 Å². The summed E-state index contributed by atoms with van der Waals surface area (Å²) in [5.41, 5.74) is 6.46. The third-order valence-electron chi connectivity index (χ3n) is 2.91. The molecule has 5 heteroatoms. The highest BCUT2D eigenvalue weighted by Crippen LogP contribution is 2.17. The monoisotopic (exact) mass is 279 g/mol. The highest BCUT2D eigenvalue weighted by molar-refractivity contribution is 6.31. The number of nitrogens with two attached hydrogens (primary N) is 1. The predicted molar refractivity (Wildman–Crippen MR) is 75.2 cm³/mol. The standard InChI is InChI=1S/C14H18ClN3O/c15-12-7-4-3-6-11(12)10-13-17-14(19-18-13)8-2-1-5-9-16/h3-4,6-7H,1-2,5,8-10,16H2. The van der Waals surface area contributed by atoms with E-state index in [4.69, 9.17) is 21.9 Å². The van der Waals surface area contributed by atoms with Crippen LogP contribution in [-0.4, -0.2) is 16.7 Å². The van der Waals surface area contributed by atoms with Gasteiger partial charge in [-0.05, 0) is 31.0 Å². The van der Waals surface area contributed by atoms with Crippen molar-refractivity contribution in [3.05, 3.63) is 46.6 Å². The molecule has 1 aromatic carbocycles. The lowest BCUT2D eigenvalue weighted by atomic mass is 10.1. The zero-order chi connectivity index (χ0) is 13.5. The van der Waals surface area contributed by atoms with Gasteiger partial charge in [0.25, 0.3) is 0 Å². The fourth-order valence-electron chi connectivity index (χ4n) is 1.87.